The van der Waals surface area contributed by atoms with Gasteiger partial charge in [-0.05, 0) is 36.8 Å². The normalized spacial score (nSPS) is 10.4. The molecule has 1 amide bonds. The molecule has 2 heterocycles. The van der Waals surface area contributed by atoms with Crippen molar-refractivity contribution >= 4 is 23.4 Å². The van der Waals surface area contributed by atoms with E-state index in [0.717, 1.165) is 16.3 Å². The van der Waals surface area contributed by atoms with Crippen molar-refractivity contribution in [2.75, 3.05) is 5.32 Å². The van der Waals surface area contributed by atoms with Crippen LogP contribution in [0.2, 0.25) is 0 Å². The molecule has 5 nitrogen and oxygen atoms in total. The van der Waals surface area contributed by atoms with Crippen molar-refractivity contribution in [3.05, 3.63) is 88.0 Å². The first-order valence-corrected chi connectivity index (χ1v) is 8.74. The van der Waals surface area contributed by atoms with E-state index in [1.807, 2.05) is 42.5 Å². The summed E-state index contributed by atoms with van der Waals surface area (Å²) in [5.74, 6) is 0.378. The minimum absolute atomic E-state index is 0.106. The summed E-state index contributed by atoms with van der Waals surface area (Å²) in [6.45, 7) is 1.67. The number of amides is 1. The van der Waals surface area contributed by atoms with E-state index in [2.05, 4.69) is 15.3 Å². The third-order valence-corrected chi connectivity index (χ3v) is 4.63. The molecule has 25 heavy (non-hydrogen) atoms. The highest BCUT2D eigenvalue weighted by Crippen LogP contribution is 2.21. The monoisotopic (exact) mass is 351 g/mol. The van der Waals surface area contributed by atoms with E-state index in [9.17, 15) is 9.59 Å². The summed E-state index contributed by atoms with van der Waals surface area (Å²) in [4.78, 5) is 31.3. The summed E-state index contributed by atoms with van der Waals surface area (Å²) in [5.41, 5.74) is 2.13. The van der Waals surface area contributed by atoms with Crippen LogP contribution in [0.4, 0.5) is 5.69 Å². The van der Waals surface area contributed by atoms with Crippen molar-refractivity contribution in [2.45, 2.75) is 17.7 Å². The third kappa shape index (κ3) is 4.36. The lowest BCUT2D eigenvalue weighted by atomic mass is 10.2. The number of benzene rings is 1. The van der Waals surface area contributed by atoms with Crippen LogP contribution in [0.3, 0.4) is 0 Å². The quantitative estimate of drug-likeness (QED) is 0.689. The summed E-state index contributed by atoms with van der Waals surface area (Å²) in [6.07, 6.45) is 4.77. The first-order chi connectivity index (χ1) is 12.1. The summed E-state index contributed by atoms with van der Waals surface area (Å²) < 4.78 is 0. The number of hydrogen-bond acceptors (Lipinski definition) is 4. The average molecular weight is 351 g/mol. The molecule has 0 aliphatic rings. The second kappa shape index (κ2) is 7.81. The summed E-state index contributed by atoms with van der Waals surface area (Å²) in [7, 11) is 0. The zero-order valence-electron chi connectivity index (χ0n) is 13.7. The molecular formula is C19H17N3O2S. The number of aromatic amines is 1. The van der Waals surface area contributed by atoms with Gasteiger partial charge in [-0.1, -0.05) is 18.2 Å². The summed E-state index contributed by atoms with van der Waals surface area (Å²) in [6, 6.07) is 13.4. The molecule has 0 radical (unpaired) electrons. The molecule has 3 aromatic rings. The fraction of sp³-hybridized carbons (Fsp3) is 0.105. The zero-order valence-corrected chi connectivity index (χ0v) is 14.5. The maximum absolute atomic E-state index is 12.2. The molecule has 6 heteroatoms. The SMILES string of the molecule is Cc1c[nH]cc(C(=O)Nc2ccc(CSc3ccccn3)cc2)c1=O. The van der Waals surface area contributed by atoms with Crippen LogP contribution in [0.25, 0.3) is 0 Å². The molecule has 2 aromatic heterocycles. The van der Waals surface area contributed by atoms with Crippen molar-refractivity contribution in [3.63, 3.8) is 0 Å². The molecule has 3 rings (SSSR count). The van der Waals surface area contributed by atoms with Gasteiger partial charge in [0.25, 0.3) is 5.91 Å². The van der Waals surface area contributed by atoms with Crippen LogP contribution >= 0.6 is 11.8 Å². The number of pyridine rings is 2. The van der Waals surface area contributed by atoms with Crippen LogP contribution in [-0.4, -0.2) is 15.9 Å². The van der Waals surface area contributed by atoms with Gasteiger partial charge in [0.05, 0.1) is 5.03 Å². The Morgan fingerprint density at radius 3 is 2.68 bits per heavy atom. The van der Waals surface area contributed by atoms with Crippen LogP contribution in [0.5, 0.6) is 0 Å². The molecule has 0 aliphatic carbocycles. The van der Waals surface area contributed by atoms with Crippen LogP contribution < -0.4 is 10.7 Å². The number of rotatable bonds is 5. The number of thioether (sulfide) groups is 1. The van der Waals surface area contributed by atoms with Crippen molar-refractivity contribution in [3.8, 4) is 0 Å². The maximum atomic E-state index is 12.2. The lowest BCUT2D eigenvalue weighted by molar-refractivity contribution is 0.102. The Hall–Kier alpha value is -2.86. The van der Waals surface area contributed by atoms with E-state index >= 15 is 0 Å². The van der Waals surface area contributed by atoms with Crippen molar-refractivity contribution in [1.82, 2.24) is 9.97 Å². The maximum Gasteiger partial charge on any atom is 0.261 e. The molecule has 0 aliphatic heterocycles. The highest BCUT2D eigenvalue weighted by atomic mass is 32.2. The third-order valence-electron chi connectivity index (χ3n) is 3.61. The van der Waals surface area contributed by atoms with E-state index < -0.39 is 5.91 Å². The Labute approximate surface area is 149 Å². The van der Waals surface area contributed by atoms with E-state index in [4.69, 9.17) is 0 Å². The van der Waals surface area contributed by atoms with Gasteiger partial charge in [-0.15, -0.1) is 11.8 Å². The lowest BCUT2D eigenvalue weighted by Gasteiger charge is -2.07. The number of H-pyrrole nitrogens is 1. The second-order valence-electron chi connectivity index (χ2n) is 5.49. The number of aromatic nitrogens is 2. The van der Waals surface area contributed by atoms with E-state index in [1.54, 1.807) is 31.1 Å². The lowest BCUT2D eigenvalue weighted by Crippen LogP contribution is -2.22. The molecule has 2 N–H and O–H groups in total. The zero-order chi connectivity index (χ0) is 17.6. The number of nitrogens with one attached hydrogen (secondary N) is 2. The molecule has 0 saturated heterocycles. The van der Waals surface area contributed by atoms with Gasteiger partial charge in [-0.3, -0.25) is 9.59 Å². The van der Waals surface area contributed by atoms with Crippen molar-refractivity contribution < 1.29 is 4.79 Å². The molecule has 0 unspecified atom stereocenters. The van der Waals surface area contributed by atoms with Crippen LogP contribution in [-0.2, 0) is 5.75 Å². The number of aryl methyl sites for hydroxylation is 1. The number of carbonyl (C=O) groups is 1. The van der Waals surface area contributed by atoms with Crippen LogP contribution in [0.15, 0.2) is 70.9 Å². The number of hydrogen-bond donors (Lipinski definition) is 2. The second-order valence-corrected chi connectivity index (χ2v) is 6.48. The van der Waals surface area contributed by atoms with Gasteiger partial charge >= 0.3 is 0 Å². The molecule has 126 valence electrons. The van der Waals surface area contributed by atoms with Gasteiger partial charge in [0.1, 0.15) is 5.56 Å². The average Bonchev–Trinajstić information content (AvgIpc) is 2.64. The van der Waals surface area contributed by atoms with E-state index in [1.165, 1.54) is 6.20 Å². The van der Waals surface area contributed by atoms with Crippen molar-refractivity contribution in [2.24, 2.45) is 0 Å². The number of anilines is 1. The Balaban J connectivity index is 1.63. The molecule has 1 aromatic carbocycles. The highest BCUT2D eigenvalue weighted by molar-refractivity contribution is 7.98. The standard InChI is InChI=1S/C19H17N3O2S/c1-13-10-20-11-16(18(13)23)19(24)22-15-7-5-14(6-8-15)12-25-17-4-2-3-9-21-17/h2-11H,12H2,1H3,(H,20,23)(H,22,24). The summed E-state index contributed by atoms with van der Waals surface area (Å²) in [5, 5.41) is 3.72. The van der Waals surface area contributed by atoms with Gasteiger partial charge in [-0.2, -0.15) is 0 Å². The molecular weight excluding hydrogens is 334 g/mol. The topological polar surface area (TPSA) is 74.8 Å². The Kier molecular flexibility index (Phi) is 5.30. The van der Waals surface area contributed by atoms with Crippen molar-refractivity contribution in [1.29, 1.82) is 0 Å². The molecule has 0 atom stereocenters. The van der Waals surface area contributed by atoms with Gasteiger partial charge in [0.2, 0.25) is 0 Å². The fourth-order valence-electron chi connectivity index (χ4n) is 2.23. The van der Waals surface area contributed by atoms with Gasteiger partial charge in [-0.25, -0.2) is 4.98 Å². The highest BCUT2D eigenvalue weighted by Gasteiger charge is 2.11. The van der Waals surface area contributed by atoms with Gasteiger partial charge in [0.15, 0.2) is 5.43 Å². The predicted molar refractivity (Wildman–Crippen MR) is 100.0 cm³/mol. The molecule has 0 saturated carbocycles. The molecule has 0 fully saturated rings. The number of nitrogens with zero attached hydrogens (tertiary/aromatic N) is 1. The predicted octanol–water partition coefficient (Wildman–Crippen LogP) is 3.62. The van der Waals surface area contributed by atoms with Crippen LogP contribution in [0, 0.1) is 6.92 Å². The smallest absolute Gasteiger partial charge is 0.261 e. The van der Waals surface area contributed by atoms with Gasteiger partial charge < -0.3 is 10.3 Å². The molecule has 0 spiro atoms. The summed E-state index contributed by atoms with van der Waals surface area (Å²) >= 11 is 1.65. The minimum atomic E-state index is -0.416. The first-order valence-electron chi connectivity index (χ1n) is 7.75. The molecule has 0 bridgehead atoms. The minimum Gasteiger partial charge on any atom is -0.366 e. The fourth-order valence-corrected chi connectivity index (χ4v) is 3.05. The Morgan fingerprint density at radius 1 is 1.16 bits per heavy atom. The Morgan fingerprint density at radius 2 is 1.96 bits per heavy atom. The first kappa shape index (κ1) is 17.0. The van der Waals surface area contributed by atoms with Gasteiger partial charge in [0, 0.05) is 35.6 Å². The largest absolute Gasteiger partial charge is 0.366 e. The van der Waals surface area contributed by atoms with E-state index in [0.29, 0.717) is 11.3 Å². The Bertz CT molecular complexity index is 921. The van der Waals surface area contributed by atoms with Crippen LogP contribution in [0.1, 0.15) is 21.5 Å². The number of carbonyl (C=O) groups excluding carboxylic acids is 1. The van der Waals surface area contributed by atoms with E-state index in [-0.39, 0.29) is 11.0 Å².